The number of hydrogen-bond donors (Lipinski definition) is 1. The molecule has 1 aliphatic rings. The lowest BCUT2D eigenvalue weighted by atomic mass is 9.87. The minimum absolute atomic E-state index is 0.537. The third-order valence-corrected chi connectivity index (χ3v) is 5.28. The summed E-state index contributed by atoms with van der Waals surface area (Å²) in [5.41, 5.74) is 4.23. The predicted molar refractivity (Wildman–Crippen MR) is 101 cm³/mol. The lowest BCUT2D eigenvalue weighted by molar-refractivity contribution is -0.605. The second-order valence-electron chi connectivity index (χ2n) is 7.09. The van der Waals surface area contributed by atoms with Crippen molar-refractivity contribution in [2.45, 2.75) is 57.9 Å². The van der Waals surface area contributed by atoms with Crippen LogP contribution in [0.3, 0.4) is 0 Å². The Hall–Kier alpha value is -2.63. The number of fused-ring (bicyclic) bond motifs is 1. The summed E-state index contributed by atoms with van der Waals surface area (Å²) in [5, 5.41) is 19.5. The van der Waals surface area contributed by atoms with Gasteiger partial charge >= 0.3 is 0 Å². The van der Waals surface area contributed by atoms with Crippen molar-refractivity contribution in [3.05, 3.63) is 58.8 Å². The van der Waals surface area contributed by atoms with Gasteiger partial charge in [0, 0.05) is 41.4 Å². The van der Waals surface area contributed by atoms with Crippen LogP contribution in [0, 0.1) is 5.21 Å². The van der Waals surface area contributed by atoms with Crippen molar-refractivity contribution in [1.82, 2.24) is 14.6 Å². The average Bonchev–Trinajstić information content (AvgIpc) is 3.10. The fourth-order valence-corrected chi connectivity index (χ4v) is 3.81. The average molecular weight is 351 g/mol. The van der Waals surface area contributed by atoms with Crippen molar-refractivity contribution in [1.29, 1.82) is 0 Å². The van der Waals surface area contributed by atoms with Gasteiger partial charge in [0.25, 0.3) is 0 Å². The van der Waals surface area contributed by atoms with Gasteiger partial charge in [-0.1, -0.05) is 26.2 Å². The number of anilines is 1. The molecule has 0 radical (unpaired) electrons. The molecule has 0 unspecified atom stereocenters. The van der Waals surface area contributed by atoms with Crippen LogP contribution in [0.25, 0.3) is 5.65 Å². The van der Waals surface area contributed by atoms with E-state index in [-0.39, 0.29) is 0 Å². The molecule has 0 spiro atoms. The van der Waals surface area contributed by atoms with E-state index in [9.17, 15) is 5.21 Å². The van der Waals surface area contributed by atoms with Gasteiger partial charge in [0.15, 0.2) is 18.0 Å². The normalized spacial score (nSPS) is 15.4. The molecule has 6 heteroatoms. The number of nitrogens with zero attached hydrogens (tertiary/aromatic N) is 4. The van der Waals surface area contributed by atoms with E-state index in [0.29, 0.717) is 12.5 Å². The van der Waals surface area contributed by atoms with Crippen molar-refractivity contribution >= 4 is 11.5 Å². The standard InChI is InChI=1S/C20H25N5O/c1-2-16-13-22-25-19(21-12-15-7-6-10-24(26)14-15)11-18(23-20(16)25)17-8-4-3-5-9-17/h6-7,10-11,13-14,17,21H,2-5,8-9,12H2,1H3. The second-order valence-corrected chi connectivity index (χ2v) is 7.09. The van der Waals surface area contributed by atoms with E-state index in [2.05, 4.69) is 23.4 Å². The molecule has 1 N–H and O–H groups in total. The maximum Gasteiger partial charge on any atom is 0.185 e. The molecular formula is C20H25N5O. The van der Waals surface area contributed by atoms with Crippen molar-refractivity contribution < 1.29 is 4.73 Å². The highest BCUT2D eigenvalue weighted by atomic mass is 16.5. The molecule has 0 aliphatic heterocycles. The quantitative estimate of drug-likeness (QED) is 0.563. The zero-order chi connectivity index (χ0) is 17.9. The Balaban J connectivity index is 1.68. The third-order valence-electron chi connectivity index (χ3n) is 5.28. The molecule has 0 saturated heterocycles. The van der Waals surface area contributed by atoms with E-state index in [1.54, 1.807) is 12.3 Å². The molecule has 3 aromatic heterocycles. The first-order valence-electron chi connectivity index (χ1n) is 9.53. The first-order chi connectivity index (χ1) is 12.7. The maximum absolute atomic E-state index is 11.5. The molecule has 26 heavy (non-hydrogen) atoms. The fourth-order valence-electron chi connectivity index (χ4n) is 3.81. The highest BCUT2D eigenvalue weighted by Crippen LogP contribution is 2.33. The minimum Gasteiger partial charge on any atom is -0.619 e. The molecule has 3 heterocycles. The number of aryl methyl sites for hydroxylation is 1. The molecule has 3 aromatic rings. The van der Waals surface area contributed by atoms with Gasteiger partial charge in [0.05, 0.1) is 6.20 Å². The zero-order valence-corrected chi connectivity index (χ0v) is 15.2. The summed E-state index contributed by atoms with van der Waals surface area (Å²) in [6, 6.07) is 5.86. The minimum atomic E-state index is 0.537. The Morgan fingerprint density at radius 3 is 2.92 bits per heavy atom. The van der Waals surface area contributed by atoms with Crippen LogP contribution in [0.2, 0.25) is 0 Å². The molecule has 4 rings (SSSR count). The van der Waals surface area contributed by atoms with Gasteiger partial charge in [-0.15, -0.1) is 0 Å². The van der Waals surface area contributed by atoms with Crippen LogP contribution in [-0.4, -0.2) is 14.6 Å². The number of aromatic nitrogens is 4. The van der Waals surface area contributed by atoms with E-state index < -0.39 is 0 Å². The van der Waals surface area contributed by atoms with E-state index in [1.807, 2.05) is 16.8 Å². The summed E-state index contributed by atoms with van der Waals surface area (Å²) in [7, 11) is 0. The van der Waals surface area contributed by atoms with Gasteiger partial charge in [-0.3, -0.25) is 0 Å². The second kappa shape index (κ2) is 7.32. The Labute approximate surface area is 153 Å². The van der Waals surface area contributed by atoms with Crippen LogP contribution >= 0.6 is 0 Å². The number of pyridine rings is 1. The SMILES string of the molecule is CCc1cnn2c(NCc3ccc[n+]([O-])c3)cc(C3CCCCC3)nc12. The van der Waals surface area contributed by atoms with Gasteiger partial charge in [-0.2, -0.15) is 14.3 Å². The van der Waals surface area contributed by atoms with Crippen LogP contribution in [0.1, 0.15) is 61.8 Å². The van der Waals surface area contributed by atoms with Gasteiger partial charge in [0.2, 0.25) is 0 Å². The van der Waals surface area contributed by atoms with E-state index in [4.69, 9.17) is 4.98 Å². The molecule has 1 aliphatic carbocycles. The molecule has 6 nitrogen and oxygen atoms in total. The Morgan fingerprint density at radius 2 is 2.15 bits per heavy atom. The molecule has 0 atom stereocenters. The molecular weight excluding hydrogens is 326 g/mol. The molecule has 1 saturated carbocycles. The summed E-state index contributed by atoms with van der Waals surface area (Å²) in [5.74, 6) is 1.48. The van der Waals surface area contributed by atoms with Crippen molar-refractivity contribution in [2.75, 3.05) is 5.32 Å². The monoisotopic (exact) mass is 351 g/mol. The summed E-state index contributed by atoms with van der Waals surface area (Å²) in [6.45, 7) is 2.71. The highest BCUT2D eigenvalue weighted by molar-refractivity contribution is 5.55. The summed E-state index contributed by atoms with van der Waals surface area (Å²) >= 11 is 0. The number of rotatable bonds is 5. The van der Waals surface area contributed by atoms with Crippen LogP contribution in [0.4, 0.5) is 5.82 Å². The molecule has 0 aromatic carbocycles. The topological polar surface area (TPSA) is 69.2 Å². The molecule has 1 fully saturated rings. The van der Waals surface area contributed by atoms with Crippen LogP contribution < -0.4 is 10.0 Å². The smallest absolute Gasteiger partial charge is 0.185 e. The van der Waals surface area contributed by atoms with Gasteiger partial charge in [-0.05, 0) is 25.3 Å². The maximum atomic E-state index is 11.5. The van der Waals surface area contributed by atoms with E-state index in [0.717, 1.165) is 28.2 Å². The van der Waals surface area contributed by atoms with Crippen molar-refractivity contribution in [3.63, 3.8) is 0 Å². The Kier molecular flexibility index (Phi) is 4.73. The highest BCUT2D eigenvalue weighted by Gasteiger charge is 2.20. The van der Waals surface area contributed by atoms with Crippen molar-refractivity contribution in [2.24, 2.45) is 0 Å². The lowest BCUT2D eigenvalue weighted by Crippen LogP contribution is -2.25. The third kappa shape index (κ3) is 3.36. The summed E-state index contributed by atoms with van der Waals surface area (Å²) in [4.78, 5) is 4.97. The first kappa shape index (κ1) is 16.8. The van der Waals surface area contributed by atoms with Gasteiger partial charge < -0.3 is 10.5 Å². The Bertz CT molecular complexity index is 898. The van der Waals surface area contributed by atoms with Crippen LogP contribution in [-0.2, 0) is 13.0 Å². The largest absolute Gasteiger partial charge is 0.619 e. The summed E-state index contributed by atoms with van der Waals surface area (Å²) < 4.78 is 2.72. The number of hydrogen-bond acceptors (Lipinski definition) is 4. The Morgan fingerprint density at radius 1 is 1.31 bits per heavy atom. The van der Waals surface area contributed by atoms with Gasteiger partial charge in [-0.25, -0.2) is 4.98 Å². The van der Waals surface area contributed by atoms with E-state index in [1.165, 1.54) is 49.6 Å². The molecule has 0 amide bonds. The van der Waals surface area contributed by atoms with Crippen molar-refractivity contribution in [3.8, 4) is 0 Å². The van der Waals surface area contributed by atoms with E-state index >= 15 is 0 Å². The summed E-state index contributed by atoms with van der Waals surface area (Å²) in [6.07, 6.45) is 12.2. The number of nitrogens with one attached hydrogen (secondary N) is 1. The zero-order valence-electron chi connectivity index (χ0n) is 15.2. The first-order valence-corrected chi connectivity index (χ1v) is 9.53. The lowest BCUT2D eigenvalue weighted by Gasteiger charge is -2.22. The van der Waals surface area contributed by atoms with Crippen LogP contribution in [0.5, 0.6) is 0 Å². The van der Waals surface area contributed by atoms with Crippen LogP contribution in [0.15, 0.2) is 36.8 Å². The van der Waals surface area contributed by atoms with Gasteiger partial charge in [0.1, 0.15) is 5.82 Å². The molecule has 136 valence electrons. The fraction of sp³-hybridized carbons (Fsp3) is 0.450. The molecule has 0 bridgehead atoms. The predicted octanol–water partition coefficient (Wildman–Crippen LogP) is 3.58.